The Morgan fingerprint density at radius 1 is 1.44 bits per heavy atom. The molecule has 0 radical (unpaired) electrons. The molecule has 1 rings (SSSR count). The number of para-hydroxylation sites is 1. The van der Waals surface area contributed by atoms with Gasteiger partial charge in [0.05, 0.1) is 12.7 Å². The van der Waals surface area contributed by atoms with Gasteiger partial charge in [-0.25, -0.2) is 0 Å². The Kier molecular flexibility index (Phi) is 5.18. The number of nitrogens with two attached hydrogens (primary N) is 1. The van der Waals surface area contributed by atoms with Crippen LogP contribution in [0.15, 0.2) is 24.3 Å². The molecule has 3 nitrogen and oxygen atoms in total. The summed E-state index contributed by atoms with van der Waals surface area (Å²) in [5, 5.41) is 8.84. The lowest BCUT2D eigenvalue weighted by Crippen LogP contribution is -2.35. The third-order valence-corrected chi connectivity index (χ3v) is 3.20. The lowest BCUT2D eigenvalue weighted by molar-refractivity contribution is 0.282. The van der Waals surface area contributed by atoms with Gasteiger partial charge in [-0.05, 0) is 30.9 Å². The first-order valence-corrected chi connectivity index (χ1v) is 6.42. The van der Waals surface area contributed by atoms with Gasteiger partial charge in [0, 0.05) is 6.42 Å². The fourth-order valence-electron chi connectivity index (χ4n) is 1.67. The molecule has 2 atom stereocenters. The molecule has 0 heterocycles. The van der Waals surface area contributed by atoms with Crippen LogP contribution in [0.3, 0.4) is 0 Å². The Balaban J connectivity index is 2.66. The summed E-state index contributed by atoms with van der Waals surface area (Å²) in [7, 11) is 0. The minimum absolute atomic E-state index is 0.466. The number of hydrogen-bond donors (Lipinski definition) is 1. The molecule has 0 aliphatic carbocycles. The molecule has 0 bridgehead atoms. The average molecular weight is 246 g/mol. The molecule has 0 spiro atoms. The Bertz CT molecular complexity index is 421. The van der Waals surface area contributed by atoms with Crippen molar-refractivity contribution in [1.29, 1.82) is 5.26 Å². The standard InChI is InChI=1S/C15H22N2O/c1-4-12(2)13-7-5-6-8-14(13)18-10-9-15(3,17)11-16/h5-8,12H,4,9-10,17H2,1-3H3. The molecule has 2 N–H and O–H groups in total. The average Bonchev–Trinajstić information content (AvgIpc) is 2.38. The second kappa shape index (κ2) is 6.42. The van der Waals surface area contributed by atoms with Crippen LogP contribution in [0.2, 0.25) is 0 Å². The predicted octanol–water partition coefficient (Wildman–Crippen LogP) is 3.21. The van der Waals surface area contributed by atoms with E-state index in [0.717, 1.165) is 12.2 Å². The molecule has 0 saturated heterocycles. The topological polar surface area (TPSA) is 59.0 Å². The smallest absolute Gasteiger partial charge is 0.122 e. The van der Waals surface area contributed by atoms with Gasteiger partial charge in [-0.15, -0.1) is 0 Å². The highest BCUT2D eigenvalue weighted by Gasteiger charge is 2.17. The van der Waals surface area contributed by atoms with Crippen molar-refractivity contribution in [3.05, 3.63) is 29.8 Å². The van der Waals surface area contributed by atoms with Gasteiger partial charge in [-0.2, -0.15) is 5.26 Å². The van der Waals surface area contributed by atoms with Crippen molar-refractivity contribution in [3.8, 4) is 11.8 Å². The van der Waals surface area contributed by atoms with Gasteiger partial charge >= 0.3 is 0 Å². The maximum atomic E-state index is 8.84. The molecule has 0 amide bonds. The van der Waals surface area contributed by atoms with Gasteiger partial charge < -0.3 is 10.5 Å². The maximum absolute atomic E-state index is 8.84. The van der Waals surface area contributed by atoms with E-state index in [1.54, 1.807) is 6.92 Å². The second-order valence-corrected chi connectivity index (χ2v) is 4.97. The van der Waals surface area contributed by atoms with Gasteiger partial charge in [0.15, 0.2) is 0 Å². The van der Waals surface area contributed by atoms with Crippen LogP contribution in [-0.2, 0) is 0 Å². The van der Waals surface area contributed by atoms with Gasteiger partial charge in [0.25, 0.3) is 0 Å². The van der Waals surface area contributed by atoms with Crippen LogP contribution in [0.25, 0.3) is 0 Å². The molecule has 0 aromatic heterocycles. The highest BCUT2D eigenvalue weighted by molar-refractivity contribution is 5.35. The van der Waals surface area contributed by atoms with E-state index in [2.05, 4.69) is 26.0 Å². The third kappa shape index (κ3) is 4.05. The van der Waals surface area contributed by atoms with E-state index in [-0.39, 0.29) is 0 Å². The van der Waals surface area contributed by atoms with Crippen molar-refractivity contribution in [1.82, 2.24) is 0 Å². The molecule has 98 valence electrons. The summed E-state index contributed by atoms with van der Waals surface area (Å²) in [6.45, 7) is 6.53. The maximum Gasteiger partial charge on any atom is 0.122 e. The molecule has 0 saturated carbocycles. The van der Waals surface area contributed by atoms with Crippen molar-refractivity contribution < 1.29 is 4.74 Å². The summed E-state index contributed by atoms with van der Waals surface area (Å²) in [6, 6.07) is 10.1. The quantitative estimate of drug-likeness (QED) is 0.838. The van der Waals surface area contributed by atoms with E-state index in [1.165, 1.54) is 5.56 Å². The Morgan fingerprint density at radius 3 is 2.72 bits per heavy atom. The molecule has 0 fully saturated rings. The Labute approximate surface area is 110 Å². The number of rotatable bonds is 6. The Hall–Kier alpha value is -1.53. The number of benzene rings is 1. The van der Waals surface area contributed by atoms with Crippen LogP contribution in [-0.4, -0.2) is 12.1 Å². The second-order valence-electron chi connectivity index (χ2n) is 4.97. The third-order valence-electron chi connectivity index (χ3n) is 3.20. The molecule has 0 aliphatic rings. The van der Waals surface area contributed by atoms with Crippen LogP contribution >= 0.6 is 0 Å². The monoisotopic (exact) mass is 246 g/mol. The zero-order valence-electron chi connectivity index (χ0n) is 11.4. The van der Waals surface area contributed by atoms with E-state index in [0.29, 0.717) is 18.9 Å². The summed E-state index contributed by atoms with van der Waals surface area (Å²) >= 11 is 0. The van der Waals surface area contributed by atoms with Gasteiger partial charge in [0.2, 0.25) is 0 Å². The normalized spacial score (nSPS) is 15.5. The van der Waals surface area contributed by atoms with Gasteiger partial charge in [-0.1, -0.05) is 32.0 Å². The fraction of sp³-hybridized carbons (Fsp3) is 0.533. The summed E-state index contributed by atoms with van der Waals surface area (Å²) in [5.74, 6) is 1.38. The molecule has 1 aromatic rings. The van der Waals surface area contributed by atoms with E-state index in [4.69, 9.17) is 15.7 Å². The molecular formula is C15H22N2O. The lowest BCUT2D eigenvalue weighted by atomic mass is 9.98. The molecule has 0 aliphatic heterocycles. The first-order chi connectivity index (χ1) is 8.50. The summed E-state index contributed by atoms with van der Waals surface area (Å²) in [4.78, 5) is 0. The van der Waals surface area contributed by atoms with E-state index < -0.39 is 5.54 Å². The van der Waals surface area contributed by atoms with Crippen LogP contribution in [0, 0.1) is 11.3 Å². The van der Waals surface area contributed by atoms with Gasteiger partial charge in [0.1, 0.15) is 11.3 Å². The number of nitrogens with zero attached hydrogens (tertiary/aromatic N) is 1. The minimum Gasteiger partial charge on any atom is -0.493 e. The van der Waals surface area contributed by atoms with Crippen molar-refractivity contribution in [3.63, 3.8) is 0 Å². The first-order valence-electron chi connectivity index (χ1n) is 6.42. The van der Waals surface area contributed by atoms with Crippen molar-refractivity contribution in [2.45, 2.75) is 45.1 Å². The van der Waals surface area contributed by atoms with E-state index in [9.17, 15) is 0 Å². The highest BCUT2D eigenvalue weighted by Crippen LogP contribution is 2.28. The fourth-order valence-corrected chi connectivity index (χ4v) is 1.67. The molecule has 18 heavy (non-hydrogen) atoms. The number of hydrogen-bond acceptors (Lipinski definition) is 3. The minimum atomic E-state index is -0.814. The summed E-state index contributed by atoms with van der Waals surface area (Å²) in [5.41, 5.74) is 6.17. The van der Waals surface area contributed by atoms with Gasteiger partial charge in [-0.3, -0.25) is 0 Å². The van der Waals surface area contributed by atoms with Crippen LogP contribution in [0.5, 0.6) is 5.75 Å². The SMILES string of the molecule is CCC(C)c1ccccc1OCCC(C)(N)C#N. The predicted molar refractivity (Wildman–Crippen MR) is 73.5 cm³/mol. The molecule has 1 aromatic carbocycles. The number of ether oxygens (including phenoxy) is 1. The van der Waals surface area contributed by atoms with Crippen LogP contribution in [0.1, 0.15) is 45.1 Å². The Morgan fingerprint density at radius 2 is 2.11 bits per heavy atom. The van der Waals surface area contributed by atoms with Crippen molar-refractivity contribution in [2.24, 2.45) is 5.73 Å². The zero-order chi connectivity index (χ0) is 13.6. The van der Waals surface area contributed by atoms with Crippen LogP contribution < -0.4 is 10.5 Å². The van der Waals surface area contributed by atoms with Crippen molar-refractivity contribution >= 4 is 0 Å². The highest BCUT2D eigenvalue weighted by atomic mass is 16.5. The van der Waals surface area contributed by atoms with E-state index >= 15 is 0 Å². The number of nitriles is 1. The summed E-state index contributed by atoms with van der Waals surface area (Å²) < 4.78 is 5.77. The van der Waals surface area contributed by atoms with Crippen LogP contribution in [0.4, 0.5) is 0 Å². The first kappa shape index (κ1) is 14.5. The zero-order valence-corrected chi connectivity index (χ0v) is 11.4. The molecule has 2 unspecified atom stereocenters. The van der Waals surface area contributed by atoms with Crippen molar-refractivity contribution in [2.75, 3.05) is 6.61 Å². The molecular weight excluding hydrogens is 224 g/mol. The largest absolute Gasteiger partial charge is 0.493 e. The summed E-state index contributed by atoms with van der Waals surface area (Å²) in [6.07, 6.45) is 1.60. The molecule has 3 heteroatoms. The lowest BCUT2D eigenvalue weighted by Gasteiger charge is -2.18. The van der Waals surface area contributed by atoms with E-state index in [1.807, 2.05) is 18.2 Å².